The molecule has 1 aliphatic carbocycles. The van der Waals surface area contributed by atoms with E-state index in [9.17, 15) is 14.7 Å². The topological polar surface area (TPSA) is 60.9 Å². The molecule has 28 heavy (non-hydrogen) atoms. The quantitative estimate of drug-likeness (QED) is 0.883. The number of rotatable bonds is 4. The van der Waals surface area contributed by atoms with Gasteiger partial charge in [0.05, 0.1) is 11.8 Å². The molecule has 0 aromatic heterocycles. The Labute approximate surface area is 165 Å². The third kappa shape index (κ3) is 3.90. The molecule has 0 spiro atoms. The fourth-order valence-electron chi connectivity index (χ4n) is 4.75. The monoisotopic (exact) mass is 380 g/mol. The minimum absolute atomic E-state index is 0.0527. The summed E-state index contributed by atoms with van der Waals surface area (Å²) in [4.78, 5) is 28.8. The fraction of sp³-hybridized carbons (Fsp3) is 0.478. The maximum absolute atomic E-state index is 13.0. The van der Waals surface area contributed by atoms with Crippen LogP contribution in [0.2, 0.25) is 0 Å². The predicted molar refractivity (Wildman–Crippen MR) is 109 cm³/mol. The second kappa shape index (κ2) is 8.31. The molecule has 148 valence electrons. The van der Waals surface area contributed by atoms with Crippen molar-refractivity contribution in [1.82, 2.24) is 9.80 Å². The zero-order valence-electron chi connectivity index (χ0n) is 16.2. The largest absolute Gasteiger partial charge is 0.481 e. The molecular formula is C23H28N2O3. The summed E-state index contributed by atoms with van der Waals surface area (Å²) in [7, 11) is 0. The van der Waals surface area contributed by atoms with Crippen molar-refractivity contribution in [2.24, 2.45) is 11.8 Å². The number of carboxylic acid groups (broad SMARTS) is 1. The van der Waals surface area contributed by atoms with Gasteiger partial charge in [-0.05, 0) is 29.2 Å². The van der Waals surface area contributed by atoms with Gasteiger partial charge in [0.25, 0.3) is 0 Å². The Morgan fingerprint density at radius 3 is 2.32 bits per heavy atom. The van der Waals surface area contributed by atoms with Gasteiger partial charge in [0, 0.05) is 32.7 Å². The average molecular weight is 380 g/mol. The molecule has 0 unspecified atom stereocenters. The zero-order chi connectivity index (χ0) is 19.5. The Balaban J connectivity index is 1.38. The molecule has 2 aromatic carbocycles. The van der Waals surface area contributed by atoms with Gasteiger partial charge >= 0.3 is 5.97 Å². The molecule has 5 heteroatoms. The Morgan fingerprint density at radius 2 is 1.57 bits per heavy atom. The highest BCUT2D eigenvalue weighted by Gasteiger charge is 2.38. The molecule has 0 bridgehead atoms. The van der Waals surface area contributed by atoms with Crippen LogP contribution in [0.1, 0.15) is 31.2 Å². The summed E-state index contributed by atoms with van der Waals surface area (Å²) in [5, 5.41) is 12.0. The maximum Gasteiger partial charge on any atom is 0.307 e. The van der Waals surface area contributed by atoms with Crippen LogP contribution in [-0.2, 0) is 16.1 Å². The average Bonchev–Trinajstić information content (AvgIpc) is 2.74. The van der Waals surface area contributed by atoms with E-state index in [0.717, 1.165) is 32.5 Å². The zero-order valence-corrected chi connectivity index (χ0v) is 16.2. The van der Waals surface area contributed by atoms with Crippen LogP contribution in [0.5, 0.6) is 0 Å². The first-order chi connectivity index (χ1) is 13.6. The van der Waals surface area contributed by atoms with Gasteiger partial charge in [-0.3, -0.25) is 14.5 Å². The molecule has 0 radical (unpaired) electrons. The molecule has 4 rings (SSSR count). The van der Waals surface area contributed by atoms with Crippen molar-refractivity contribution in [1.29, 1.82) is 0 Å². The van der Waals surface area contributed by atoms with Gasteiger partial charge in [-0.25, -0.2) is 0 Å². The Morgan fingerprint density at radius 1 is 0.893 bits per heavy atom. The summed E-state index contributed by atoms with van der Waals surface area (Å²) in [5.41, 5.74) is 1.32. The number of piperazine rings is 1. The van der Waals surface area contributed by atoms with Gasteiger partial charge in [0.1, 0.15) is 0 Å². The molecule has 5 nitrogen and oxygen atoms in total. The number of carbonyl (C=O) groups excluding carboxylic acids is 1. The van der Waals surface area contributed by atoms with Crippen molar-refractivity contribution in [3.8, 4) is 0 Å². The van der Waals surface area contributed by atoms with Crippen molar-refractivity contribution >= 4 is 22.6 Å². The molecule has 1 saturated heterocycles. The van der Waals surface area contributed by atoms with Crippen LogP contribution in [0, 0.1) is 11.8 Å². The van der Waals surface area contributed by atoms with E-state index < -0.39 is 11.9 Å². The standard InChI is InChI=1S/C23H28N2O3/c26-22(20-10-3-4-11-21(20)23(27)28)25-14-12-24(13-15-25)16-18-8-5-7-17-6-1-2-9-19(17)18/h1-2,5-9,20-21H,3-4,10-16H2,(H,27,28)/t20-,21-/m1/s1. The van der Waals surface area contributed by atoms with E-state index in [2.05, 4.69) is 47.4 Å². The summed E-state index contributed by atoms with van der Waals surface area (Å²) in [6.45, 7) is 3.92. The number of fused-ring (bicyclic) bond motifs is 1. The lowest BCUT2D eigenvalue weighted by Gasteiger charge is -2.38. The van der Waals surface area contributed by atoms with Gasteiger partial charge in [-0.15, -0.1) is 0 Å². The van der Waals surface area contributed by atoms with E-state index in [1.807, 2.05) is 4.90 Å². The summed E-state index contributed by atoms with van der Waals surface area (Å²) < 4.78 is 0. The minimum atomic E-state index is -0.812. The van der Waals surface area contributed by atoms with Crippen molar-refractivity contribution in [3.63, 3.8) is 0 Å². The number of carboxylic acids is 1. The summed E-state index contributed by atoms with van der Waals surface area (Å²) in [5.74, 6) is -1.60. The van der Waals surface area contributed by atoms with Gasteiger partial charge in [0.15, 0.2) is 0 Å². The number of benzene rings is 2. The lowest BCUT2D eigenvalue weighted by molar-refractivity contribution is -0.153. The first kappa shape index (κ1) is 18.9. The van der Waals surface area contributed by atoms with E-state index in [0.29, 0.717) is 25.9 Å². The number of aliphatic carboxylic acids is 1. The van der Waals surface area contributed by atoms with E-state index >= 15 is 0 Å². The van der Waals surface area contributed by atoms with Crippen LogP contribution in [0.25, 0.3) is 10.8 Å². The van der Waals surface area contributed by atoms with Crippen molar-refractivity contribution in [2.45, 2.75) is 32.2 Å². The van der Waals surface area contributed by atoms with Gasteiger partial charge in [0.2, 0.25) is 5.91 Å². The molecule has 2 fully saturated rings. The lowest BCUT2D eigenvalue weighted by Crippen LogP contribution is -2.51. The molecule has 1 aliphatic heterocycles. The van der Waals surface area contributed by atoms with Crippen LogP contribution in [-0.4, -0.2) is 53.0 Å². The van der Waals surface area contributed by atoms with Crippen LogP contribution in [0.15, 0.2) is 42.5 Å². The number of hydrogen-bond donors (Lipinski definition) is 1. The third-order valence-corrected chi connectivity index (χ3v) is 6.36. The van der Waals surface area contributed by atoms with Crippen LogP contribution in [0.4, 0.5) is 0 Å². The first-order valence-corrected chi connectivity index (χ1v) is 10.3. The maximum atomic E-state index is 13.0. The molecule has 1 heterocycles. The number of carbonyl (C=O) groups is 2. The molecular weight excluding hydrogens is 352 g/mol. The highest BCUT2D eigenvalue weighted by atomic mass is 16.4. The highest BCUT2D eigenvalue weighted by molar-refractivity contribution is 5.86. The first-order valence-electron chi connectivity index (χ1n) is 10.3. The fourth-order valence-corrected chi connectivity index (χ4v) is 4.75. The summed E-state index contributed by atoms with van der Waals surface area (Å²) in [6, 6.07) is 14.9. The summed E-state index contributed by atoms with van der Waals surface area (Å²) >= 11 is 0. The second-order valence-corrected chi connectivity index (χ2v) is 8.08. The third-order valence-electron chi connectivity index (χ3n) is 6.36. The van der Waals surface area contributed by atoms with Gasteiger partial charge in [-0.2, -0.15) is 0 Å². The number of nitrogens with zero attached hydrogens (tertiary/aromatic N) is 2. The van der Waals surface area contributed by atoms with Crippen molar-refractivity contribution in [3.05, 3.63) is 48.0 Å². The number of amides is 1. The van der Waals surface area contributed by atoms with E-state index in [1.165, 1.54) is 16.3 Å². The molecule has 1 amide bonds. The van der Waals surface area contributed by atoms with Crippen molar-refractivity contribution in [2.75, 3.05) is 26.2 Å². The van der Waals surface area contributed by atoms with Crippen LogP contribution >= 0.6 is 0 Å². The van der Waals surface area contributed by atoms with Crippen molar-refractivity contribution < 1.29 is 14.7 Å². The Bertz CT molecular complexity index is 853. The second-order valence-electron chi connectivity index (χ2n) is 8.08. The Kier molecular flexibility index (Phi) is 5.62. The number of hydrogen-bond acceptors (Lipinski definition) is 3. The van der Waals surface area contributed by atoms with E-state index in [-0.39, 0.29) is 11.8 Å². The summed E-state index contributed by atoms with van der Waals surface area (Å²) in [6.07, 6.45) is 3.22. The van der Waals surface area contributed by atoms with Crippen LogP contribution < -0.4 is 0 Å². The lowest BCUT2D eigenvalue weighted by atomic mass is 9.78. The van der Waals surface area contributed by atoms with Crippen LogP contribution in [0.3, 0.4) is 0 Å². The normalized spacial score (nSPS) is 23.6. The molecule has 2 atom stereocenters. The smallest absolute Gasteiger partial charge is 0.307 e. The van der Waals surface area contributed by atoms with Gasteiger partial charge < -0.3 is 10.0 Å². The minimum Gasteiger partial charge on any atom is -0.481 e. The predicted octanol–water partition coefficient (Wildman–Crippen LogP) is 3.38. The molecule has 2 aliphatic rings. The van der Waals surface area contributed by atoms with Gasteiger partial charge in [-0.1, -0.05) is 55.3 Å². The highest BCUT2D eigenvalue weighted by Crippen LogP contribution is 2.32. The SMILES string of the molecule is O=C(O)[C@@H]1CCCC[C@H]1C(=O)N1CCN(Cc2cccc3ccccc23)CC1. The molecule has 2 aromatic rings. The van der Waals surface area contributed by atoms with E-state index in [4.69, 9.17) is 0 Å². The van der Waals surface area contributed by atoms with E-state index in [1.54, 1.807) is 0 Å². The molecule has 1 saturated carbocycles. The Hall–Kier alpha value is -2.40. The molecule has 1 N–H and O–H groups in total.